The van der Waals surface area contributed by atoms with Crippen LogP contribution in [0.4, 0.5) is 4.79 Å². The highest BCUT2D eigenvalue weighted by atomic mass is 16.6. The molecule has 0 radical (unpaired) electrons. The Hall–Kier alpha value is -2.57. The second kappa shape index (κ2) is 13.4. The highest BCUT2D eigenvalue weighted by molar-refractivity contribution is 5.92. The largest absolute Gasteiger partial charge is 0.444 e. The zero-order chi connectivity index (χ0) is 26.1. The zero-order valence-corrected chi connectivity index (χ0v) is 22.5. The molecule has 34 heavy (non-hydrogen) atoms. The molecular formula is C27H45N3O4. The fourth-order valence-electron chi connectivity index (χ4n) is 3.81. The highest BCUT2D eigenvalue weighted by Gasteiger charge is 2.37. The van der Waals surface area contributed by atoms with Crippen molar-refractivity contribution in [2.75, 3.05) is 6.54 Å². The van der Waals surface area contributed by atoms with E-state index >= 15 is 0 Å². The molecule has 0 heterocycles. The molecule has 1 aromatic rings. The van der Waals surface area contributed by atoms with Crippen LogP contribution in [0.2, 0.25) is 0 Å². The fraction of sp³-hybridized carbons (Fsp3) is 0.667. The van der Waals surface area contributed by atoms with Crippen molar-refractivity contribution in [2.24, 2.45) is 5.92 Å². The van der Waals surface area contributed by atoms with Crippen molar-refractivity contribution in [1.82, 2.24) is 15.5 Å². The second-order valence-corrected chi connectivity index (χ2v) is 10.1. The monoisotopic (exact) mass is 475 g/mol. The Balaban J connectivity index is 3.36. The average molecular weight is 476 g/mol. The van der Waals surface area contributed by atoms with Gasteiger partial charge in [0.1, 0.15) is 17.7 Å². The molecule has 192 valence electrons. The minimum atomic E-state index is -0.811. The van der Waals surface area contributed by atoms with Gasteiger partial charge in [0.2, 0.25) is 11.8 Å². The summed E-state index contributed by atoms with van der Waals surface area (Å²) in [6.45, 7) is 17.4. The molecular weight excluding hydrogens is 430 g/mol. The third kappa shape index (κ3) is 8.99. The molecule has 3 amide bonds. The summed E-state index contributed by atoms with van der Waals surface area (Å²) in [5.74, 6) is -0.665. The number of amides is 3. The molecule has 0 bridgehead atoms. The van der Waals surface area contributed by atoms with Crippen molar-refractivity contribution in [3.8, 4) is 0 Å². The molecule has 0 aliphatic rings. The van der Waals surface area contributed by atoms with Crippen LogP contribution in [0.1, 0.15) is 91.8 Å². The molecule has 0 spiro atoms. The van der Waals surface area contributed by atoms with Crippen molar-refractivity contribution in [2.45, 2.75) is 105 Å². The summed E-state index contributed by atoms with van der Waals surface area (Å²) in [5.41, 5.74) is 1.12. The van der Waals surface area contributed by atoms with E-state index < -0.39 is 23.8 Å². The van der Waals surface area contributed by atoms with Crippen LogP contribution in [0.15, 0.2) is 24.3 Å². The minimum absolute atomic E-state index is 0.00972. The number of aryl methyl sites for hydroxylation is 1. The van der Waals surface area contributed by atoms with E-state index in [1.807, 2.05) is 58.9 Å². The van der Waals surface area contributed by atoms with Gasteiger partial charge in [0, 0.05) is 12.6 Å². The molecule has 7 nitrogen and oxygen atoms in total. The van der Waals surface area contributed by atoms with Crippen molar-refractivity contribution in [1.29, 1.82) is 0 Å². The molecule has 7 heteroatoms. The van der Waals surface area contributed by atoms with Gasteiger partial charge >= 0.3 is 6.09 Å². The van der Waals surface area contributed by atoms with E-state index in [1.54, 1.807) is 25.7 Å². The van der Waals surface area contributed by atoms with Crippen molar-refractivity contribution in [3.05, 3.63) is 35.4 Å². The van der Waals surface area contributed by atoms with Crippen LogP contribution in [-0.4, -0.2) is 47.0 Å². The first-order valence-electron chi connectivity index (χ1n) is 12.5. The number of ether oxygens (including phenoxy) is 1. The van der Waals surface area contributed by atoms with Crippen LogP contribution in [0, 0.1) is 12.8 Å². The number of benzene rings is 1. The summed E-state index contributed by atoms with van der Waals surface area (Å²) in [7, 11) is 0. The Kier molecular flexibility index (Phi) is 11.6. The summed E-state index contributed by atoms with van der Waals surface area (Å²) < 4.78 is 5.41. The summed E-state index contributed by atoms with van der Waals surface area (Å²) in [6, 6.07) is 6.03. The Morgan fingerprint density at radius 1 is 1.00 bits per heavy atom. The first-order valence-corrected chi connectivity index (χ1v) is 12.5. The number of rotatable bonds is 11. The number of hydrogen-bond acceptors (Lipinski definition) is 4. The van der Waals surface area contributed by atoms with Crippen LogP contribution in [0.3, 0.4) is 0 Å². The quantitative estimate of drug-likeness (QED) is 0.464. The van der Waals surface area contributed by atoms with E-state index in [-0.39, 0.29) is 23.8 Å². The molecule has 0 saturated carbocycles. The molecule has 1 aromatic carbocycles. The van der Waals surface area contributed by atoms with Crippen molar-refractivity contribution in [3.63, 3.8) is 0 Å². The summed E-state index contributed by atoms with van der Waals surface area (Å²) >= 11 is 0. The molecule has 1 rings (SSSR count). The van der Waals surface area contributed by atoms with Gasteiger partial charge in [-0.3, -0.25) is 9.59 Å². The van der Waals surface area contributed by atoms with E-state index in [4.69, 9.17) is 4.74 Å². The van der Waals surface area contributed by atoms with Gasteiger partial charge in [0.05, 0.1) is 0 Å². The number of carbonyl (C=O) groups is 3. The first-order chi connectivity index (χ1) is 15.8. The normalized spacial score (nSPS) is 15.0. The number of likely N-dealkylation sites (N-methyl/N-ethyl adjacent to an activating group) is 1. The highest BCUT2D eigenvalue weighted by Crippen LogP contribution is 2.25. The fourth-order valence-corrected chi connectivity index (χ4v) is 3.81. The van der Waals surface area contributed by atoms with E-state index in [0.29, 0.717) is 13.0 Å². The third-order valence-corrected chi connectivity index (χ3v) is 5.84. The minimum Gasteiger partial charge on any atom is -0.444 e. The molecule has 4 unspecified atom stereocenters. The lowest BCUT2D eigenvalue weighted by Gasteiger charge is -2.36. The SMILES string of the molecule is CCCC(C)NC(=O)C(c1ccc(C)cc1)N(CC)C(=O)C(NC(=O)OC(C)(C)C)C(C)CC. The van der Waals surface area contributed by atoms with Gasteiger partial charge in [-0.15, -0.1) is 0 Å². The smallest absolute Gasteiger partial charge is 0.408 e. The van der Waals surface area contributed by atoms with E-state index in [2.05, 4.69) is 17.6 Å². The lowest BCUT2D eigenvalue weighted by atomic mass is 9.95. The van der Waals surface area contributed by atoms with Crippen LogP contribution in [0.25, 0.3) is 0 Å². The summed E-state index contributed by atoms with van der Waals surface area (Å²) in [6.07, 6.45) is 1.83. The second-order valence-electron chi connectivity index (χ2n) is 10.1. The number of nitrogens with one attached hydrogen (secondary N) is 2. The van der Waals surface area contributed by atoms with Gasteiger partial charge in [-0.05, 0) is 59.4 Å². The van der Waals surface area contributed by atoms with E-state index in [0.717, 1.165) is 24.0 Å². The Bertz CT molecular complexity index is 801. The summed E-state index contributed by atoms with van der Waals surface area (Å²) in [5, 5.41) is 5.84. The van der Waals surface area contributed by atoms with Crippen molar-refractivity contribution < 1.29 is 19.1 Å². The maximum absolute atomic E-state index is 13.8. The number of alkyl carbamates (subject to hydrolysis) is 1. The van der Waals surface area contributed by atoms with Gasteiger partial charge in [-0.1, -0.05) is 63.4 Å². The molecule has 0 aromatic heterocycles. The van der Waals surface area contributed by atoms with Crippen LogP contribution in [0.5, 0.6) is 0 Å². The number of carbonyl (C=O) groups excluding carboxylic acids is 3. The molecule has 0 fully saturated rings. The first kappa shape index (κ1) is 29.5. The van der Waals surface area contributed by atoms with Gasteiger partial charge in [-0.25, -0.2) is 4.79 Å². The van der Waals surface area contributed by atoms with Gasteiger partial charge in [0.15, 0.2) is 0 Å². The predicted molar refractivity (Wildman–Crippen MR) is 136 cm³/mol. The molecule has 2 N–H and O–H groups in total. The number of nitrogens with zero attached hydrogens (tertiary/aromatic N) is 1. The maximum atomic E-state index is 13.8. The van der Waals surface area contributed by atoms with Gasteiger partial charge in [-0.2, -0.15) is 0 Å². The predicted octanol–water partition coefficient (Wildman–Crippen LogP) is 5.13. The Labute approximate surface area is 206 Å². The average Bonchev–Trinajstić information content (AvgIpc) is 2.74. The molecule has 0 aliphatic heterocycles. The molecule has 4 atom stereocenters. The number of hydrogen-bond donors (Lipinski definition) is 2. The lowest BCUT2D eigenvalue weighted by molar-refractivity contribution is -0.143. The van der Waals surface area contributed by atoms with Crippen molar-refractivity contribution >= 4 is 17.9 Å². The Morgan fingerprint density at radius 2 is 1.59 bits per heavy atom. The topological polar surface area (TPSA) is 87.7 Å². The molecule has 0 saturated heterocycles. The van der Waals surface area contributed by atoms with Crippen LogP contribution >= 0.6 is 0 Å². The van der Waals surface area contributed by atoms with Crippen LogP contribution < -0.4 is 10.6 Å². The third-order valence-electron chi connectivity index (χ3n) is 5.84. The summed E-state index contributed by atoms with van der Waals surface area (Å²) in [4.78, 5) is 41.4. The maximum Gasteiger partial charge on any atom is 0.408 e. The van der Waals surface area contributed by atoms with E-state index in [9.17, 15) is 14.4 Å². The molecule has 0 aliphatic carbocycles. The van der Waals surface area contributed by atoms with E-state index in [1.165, 1.54) is 0 Å². The zero-order valence-electron chi connectivity index (χ0n) is 22.5. The van der Waals surface area contributed by atoms with Gasteiger partial charge < -0.3 is 20.3 Å². The standard InChI is InChI=1S/C27H45N3O4/c1-10-13-20(6)28-24(31)23(21-16-14-18(4)15-17-21)30(12-3)25(32)22(19(5)11-2)29-26(33)34-27(7,8)9/h14-17,19-20,22-23H,10-13H2,1-9H3,(H,28,31)(H,29,33). The van der Waals surface area contributed by atoms with Gasteiger partial charge in [0.25, 0.3) is 0 Å². The lowest BCUT2D eigenvalue weighted by Crippen LogP contribution is -2.55. The van der Waals surface area contributed by atoms with Crippen LogP contribution in [-0.2, 0) is 14.3 Å². The Morgan fingerprint density at radius 3 is 2.06 bits per heavy atom.